The van der Waals surface area contributed by atoms with Crippen LogP contribution in [0.25, 0.3) is 5.57 Å². The maximum absolute atomic E-state index is 12.6. The molecular weight excluding hydrogens is 334 g/mol. The Labute approximate surface area is 161 Å². The second kappa shape index (κ2) is 7.83. The van der Waals surface area contributed by atoms with E-state index in [0.29, 0.717) is 5.56 Å². The summed E-state index contributed by atoms with van der Waals surface area (Å²) in [6.07, 6.45) is 8.51. The predicted octanol–water partition coefficient (Wildman–Crippen LogP) is 4.89. The summed E-state index contributed by atoms with van der Waals surface area (Å²) < 4.78 is 5.17. The van der Waals surface area contributed by atoms with E-state index in [9.17, 15) is 4.79 Å². The molecule has 0 saturated carbocycles. The number of likely N-dealkylation sites (tertiary alicyclic amines) is 1. The minimum absolute atomic E-state index is 0.0209. The fourth-order valence-electron chi connectivity index (χ4n) is 4.01. The number of rotatable bonds is 5. The minimum Gasteiger partial charge on any atom is -0.497 e. The van der Waals surface area contributed by atoms with E-state index in [1.54, 1.807) is 13.2 Å². The van der Waals surface area contributed by atoms with Gasteiger partial charge in [-0.15, -0.1) is 0 Å². The Hall–Kier alpha value is -2.81. The Bertz CT molecular complexity index is 887. The second-order valence-corrected chi connectivity index (χ2v) is 7.17. The molecule has 2 aliphatic rings. The maximum atomic E-state index is 12.6. The van der Waals surface area contributed by atoms with Crippen molar-refractivity contribution < 1.29 is 9.53 Å². The van der Waals surface area contributed by atoms with Crippen LogP contribution < -0.4 is 4.74 Å². The summed E-state index contributed by atoms with van der Waals surface area (Å²) in [5, 5.41) is 0. The molecule has 1 fully saturated rings. The molecule has 2 aromatic carbocycles. The maximum Gasteiger partial charge on any atom is 0.185 e. The first kappa shape index (κ1) is 17.6. The summed E-state index contributed by atoms with van der Waals surface area (Å²) in [4.78, 5) is 15.1. The summed E-state index contributed by atoms with van der Waals surface area (Å²) in [6, 6.07) is 15.8. The number of piperidine rings is 1. The number of hydrogen-bond donors (Lipinski definition) is 0. The quantitative estimate of drug-likeness (QED) is 0.562. The monoisotopic (exact) mass is 359 g/mol. The average molecular weight is 359 g/mol. The van der Waals surface area contributed by atoms with Crippen molar-refractivity contribution in [2.24, 2.45) is 0 Å². The zero-order valence-electron chi connectivity index (χ0n) is 15.8. The standard InChI is InChI=1S/C24H25NO2/c1-27-20-11-9-18(10-12-20)24(26)14-13-22-21-8-4-3-7-19(21)17-23(22)25-15-5-2-6-16-25/h3-4,7-14H,2,5-6,15-17H2,1H3. The van der Waals surface area contributed by atoms with E-state index >= 15 is 0 Å². The van der Waals surface area contributed by atoms with E-state index in [1.807, 2.05) is 30.3 Å². The zero-order chi connectivity index (χ0) is 18.6. The van der Waals surface area contributed by atoms with Crippen LogP contribution in [0.15, 0.2) is 66.4 Å². The number of fused-ring (bicyclic) bond motifs is 1. The van der Waals surface area contributed by atoms with Gasteiger partial charge in [0.05, 0.1) is 7.11 Å². The van der Waals surface area contributed by atoms with Gasteiger partial charge in [0.25, 0.3) is 0 Å². The molecule has 2 aromatic rings. The van der Waals surface area contributed by atoms with Crippen LogP contribution in [0, 0.1) is 0 Å². The molecule has 0 N–H and O–H groups in total. The van der Waals surface area contributed by atoms with Gasteiger partial charge in [-0.3, -0.25) is 4.79 Å². The Kier molecular flexibility index (Phi) is 5.10. The normalized spacial score (nSPS) is 16.7. The van der Waals surface area contributed by atoms with E-state index in [4.69, 9.17) is 4.74 Å². The molecule has 1 saturated heterocycles. The van der Waals surface area contributed by atoms with Crippen LogP contribution in [-0.4, -0.2) is 30.9 Å². The highest BCUT2D eigenvalue weighted by molar-refractivity contribution is 6.06. The van der Waals surface area contributed by atoms with Gasteiger partial charge >= 0.3 is 0 Å². The molecular formula is C24H25NO2. The van der Waals surface area contributed by atoms with Crippen LogP contribution in [0.1, 0.15) is 40.7 Å². The molecule has 0 radical (unpaired) electrons. The Morgan fingerprint density at radius 2 is 1.74 bits per heavy atom. The Balaban J connectivity index is 1.62. The molecule has 1 aliphatic heterocycles. The van der Waals surface area contributed by atoms with Crippen molar-refractivity contribution in [3.05, 3.63) is 83.1 Å². The van der Waals surface area contributed by atoms with Gasteiger partial charge < -0.3 is 9.64 Å². The van der Waals surface area contributed by atoms with E-state index in [-0.39, 0.29) is 5.78 Å². The Morgan fingerprint density at radius 3 is 2.48 bits per heavy atom. The third-order valence-corrected chi connectivity index (χ3v) is 5.49. The smallest absolute Gasteiger partial charge is 0.185 e. The Morgan fingerprint density at radius 1 is 1.00 bits per heavy atom. The number of hydrogen-bond acceptors (Lipinski definition) is 3. The lowest BCUT2D eigenvalue weighted by Gasteiger charge is -2.30. The molecule has 27 heavy (non-hydrogen) atoms. The summed E-state index contributed by atoms with van der Waals surface area (Å²) in [5.74, 6) is 0.780. The number of nitrogens with zero attached hydrogens (tertiary/aromatic N) is 1. The number of ketones is 1. The molecule has 0 aromatic heterocycles. The second-order valence-electron chi connectivity index (χ2n) is 7.17. The van der Waals surface area contributed by atoms with Crippen LogP contribution in [0.5, 0.6) is 5.75 Å². The lowest BCUT2D eigenvalue weighted by atomic mass is 10.0. The molecule has 3 nitrogen and oxygen atoms in total. The van der Waals surface area contributed by atoms with E-state index in [0.717, 1.165) is 25.3 Å². The fraction of sp³-hybridized carbons (Fsp3) is 0.292. The van der Waals surface area contributed by atoms with Crippen molar-refractivity contribution in [3.8, 4) is 5.75 Å². The van der Waals surface area contributed by atoms with Gasteiger partial charge in [-0.1, -0.05) is 24.3 Å². The fourth-order valence-corrected chi connectivity index (χ4v) is 4.01. The third kappa shape index (κ3) is 3.68. The molecule has 0 spiro atoms. The molecule has 3 heteroatoms. The van der Waals surface area contributed by atoms with Gasteiger partial charge in [-0.25, -0.2) is 0 Å². The molecule has 4 rings (SSSR count). The minimum atomic E-state index is 0.0209. The van der Waals surface area contributed by atoms with Crippen molar-refractivity contribution in [2.75, 3.05) is 20.2 Å². The number of carbonyl (C=O) groups excluding carboxylic acids is 1. The first-order valence-electron chi connectivity index (χ1n) is 9.69. The highest BCUT2D eigenvalue weighted by Gasteiger charge is 2.24. The van der Waals surface area contributed by atoms with Gasteiger partial charge in [0, 0.05) is 36.3 Å². The molecule has 0 atom stereocenters. The number of benzene rings is 2. The van der Waals surface area contributed by atoms with Crippen molar-refractivity contribution in [1.29, 1.82) is 0 Å². The van der Waals surface area contributed by atoms with Gasteiger partial charge in [-0.05, 0) is 66.8 Å². The van der Waals surface area contributed by atoms with Gasteiger partial charge in [0.1, 0.15) is 5.75 Å². The molecule has 0 bridgehead atoms. The number of allylic oxidation sites excluding steroid dienone is 4. The SMILES string of the molecule is COc1ccc(C(=O)C=CC2=C(N3CCCCC3)Cc3ccccc32)cc1. The highest BCUT2D eigenvalue weighted by atomic mass is 16.5. The van der Waals surface area contributed by atoms with Crippen LogP contribution in [0.4, 0.5) is 0 Å². The van der Waals surface area contributed by atoms with Gasteiger partial charge in [0.2, 0.25) is 0 Å². The number of carbonyl (C=O) groups is 1. The first-order valence-corrected chi connectivity index (χ1v) is 9.69. The summed E-state index contributed by atoms with van der Waals surface area (Å²) in [5.41, 5.74) is 5.87. The van der Waals surface area contributed by atoms with Crippen LogP contribution >= 0.6 is 0 Å². The lowest BCUT2D eigenvalue weighted by Crippen LogP contribution is -2.29. The van der Waals surface area contributed by atoms with Crippen LogP contribution in [0.2, 0.25) is 0 Å². The molecule has 0 unspecified atom stereocenters. The van der Waals surface area contributed by atoms with Crippen molar-refractivity contribution in [3.63, 3.8) is 0 Å². The molecule has 138 valence electrons. The summed E-state index contributed by atoms with van der Waals surface area (Å²) in [6.45, 7) is 2.24. The molecule has 1 aliphatic carbocycles. The summed E-state index contributed by atoms with van der Waals surface area (Å²) >= 11 is 0. The van der Waals surface area contributed by atoms with Crippen molar-refractivity contribution >= 4 is 11.4 Å². The third-order valence-electron chi connectivity index (χ3n) is 5.49. The first-order chi connectivity index (χ1) is 13.3. The topological polar surface area (TPSA) is 29.5 Å². The van der Waals surface area contributed by atoms with E-state index in [2.05, 4.69) is 29.2 Å². The largest absolute Gasteiger partial charge is 0.497 e. The summed E-state index contributed by atoms with van der Waals surface area (Å²) in [7, 11) is 1.63. The predicted molar refractivity (Wildman–Crippen MR) is 109 cm³/mol. The van der Waals surface area contributed by atoms with Crippen molar-refractivity contribution in [2.45, 2.75) is 25.7 Å². The zero-order valence-corrected chi connectivity index (χ0v) is 15.8. The highest BCUT2D eigenvalue weighted by Crippen LogP contribution is 2.36. The van der Waals surface area contributed by atoms with Gasteiger partial charge in [0.15, 0.2) is 5.78 Å². The number of ether oxygens (including phenoxy) is 1. The molecule has 1 heterocycles. The van der Waals surface area contributed by atoms with E-state index in [1.165, 1.54) is 41.7 Å². The van der Waals surface area contributed by atoms with E-state index < -0.39 is 0 Å². The van der Waals surface area contributed by atoms with Crippen LogP contribution in [0.3, 0.4) is 0 Å². The number of methoxy groups -OCH3 is 1. The average Bonchev–Trinajstić information content (AvgIpc) is 3.11. The van der Waals surface area contributed by atoms with Crippen LogP contribution in [-0.2, 0) is 6.42 Å². The lowest BCUT2D eigenvalue weighted by molar-refractivity contribution is 0.104. The molecule has 0 amide bonds. The van der Waals surface area contributed by atoms with Crippen molar-refractivity contribution in [1.82, 2.24) is 4.90 Å². The van der Waals surface area contributed by atoms with Gasteiger partial charge in [-0.2, -0.15) is 0 Å².